The standard InChI is InChI=1S/C18H22FN3S/c1-3-6-14-12-18(21,10-9-13(14)4-2)15-7-5-8-16(11-15)22-17(20)23-19/h3-8,11H,2,9-10,12,21H2,1H3,(H2,20,22)/b6-3-. The first-order chi connectivity index (χ1) is 11.0. The number of hydrogen-bond donors (Lipinski definition) is 2. The van der Waals surface area contributed by atoms with Crippen molar-refractivity contribution >= 4 is 23.0 Å². The van der Waals surface area contributed by atoms with E-state index < -0.39 is 5.54 Å². The van der Waals surface area contributed by atoms with Crippen LogP contribution in [-0.2, 0) is 5.54 Å². The van der Waals surface area contributed by atoms with Crippen LogP contribution in [0.25, 0.3) is 0 Å². The lowest BCUT2D eigenvalue weighted by Crippen LogP contribution is -2.39. The van der Waals surface area contributed by atoms with Crippen LogP contribution in [-0.4, -0.2) is 5.17 Å². The van der Waals surface area contributed by atoms with Crippen molar-refractivity contribution in [3.8, 4) is 0 Å². The van der Waals surface area contributed by atoms with Gasteiger partial charge in [-0.25, -0.2) is 4.99 Å². The Kier molecular flexibility index (Phi) is 5.80. The molecule has 0 amide bonds. The van der Waals surface area contributed by atoms with Crippen molar-refractivity contribution in [3.05, 3.63) is 65.8 Å². The Hall–Kier alpha value is -1.85. The predicted molar refractivity (Wildman–Crippen MR) is 98.2 cm³/mol. The molecule has 0 fully saturated rings. The zero-order chi connectivity index (χ0) is 16.9. The Morgan fingerprint density at radius 3 is 2.87 bits per heavy atom. The largest absolute Gasteiger partial charge is 0.376 e. The molecule has 1 atom stereocenters. The molecule has 3 nitrogen and oxygen atoms in total. The summed E-state index contributed by atoms with van der Waals surface area (Å²) in [6.07, 6.45) is 8.47. The number of rotatable bonds is 4. The Morgan fingerprint density at radius 2 is 2.22 bits per heavy atom. The Bertz CT molecular complexity index is 679. The van der Waals surface area contributed by atoms with E-state index in [9.17, 15) is 3.89 Å². The lowest BCUT2D eigenvalue weighted by Gasteiger charge is -2.35. The summed E-state index contributed by atoms with van der Waals surface area (Å²) in [7, 11) is 0. The van der Waals surface area contributed by atoms with Crippen LogP contribution in [0.1, 0.15) is 31.7 Å². The van der Waals surface area contributed by atoms with Crippen LogP contribution < -0.4 is 11.5 Å². The van der Waals surface area contributed by atoms with Crippen LogP contribution in [0.5, 0.6) is 0 Å². The number of allylic oxidation sites excluding steroid dienone is 4. The number of amidine groups is 1. The molecule has 0 saturated carbocycles. The molecule has 5 heteroatoms. The first-order valence-electron chi connectivity index (χ1n) is 7.51. The van der Waals surface area contributed by atoms with Gasteiger partial charge in [0, 0.05) is 5.54 Å². The molecule has 0 aromatic heterocycles. The second-order valence-electron chi connectivity index (χ2n) is 5.67. The molecule has 1 aliphatic carbocycles. The number of aliphatic imine (C=N–C) groups is 1. The molecule has 0 radical (unpaired) electrons. The van der Waals surface area contributed by atoms with Crippen LogP contribution in [0.2, 0.25) is 0 Å². The number of halogens is 1. The first kappa shape index (κ1) is 17.5. The van der Waals surface area contributed by atoms with Crippen LogP contribution >= 0.6 is 12.1 Å². The van der Waals surface area contributed by atoms with Gasteiger partial charge in [0.1, 0.15) is 12.1 Å². The van der Waals surface area contributed by atoms with Crippen molar-refractivity contribution in [2.45, 2.75) is 31.7 Å². The molecule has 4 N–H and O–H groups in total. The minimum atomic E-state index is -0.468. The molecule has 0 aliphatic heterocycles. The fourth-order valence-corrected chi connectivity index (χ4v) is 3.08. The SMILES string of the molecule is C=CC1=C(/C=C\C)CC(N)(c2cccc(N=C(N)SF)c2)CC1. The molecule has 1 aliphatic rings. The molecule has 1 unspecified atom stereocenters. The first-order valence-corrected chi connectivity index (χ1v) is 8.23. The summed E-state index contributed by atoms with van der Waals surface area (Å²) in [4.78, 5) is 4.04. The van der Waals surface area contributed by atoms with Crippen molar-refractivity contribution in [1.29, 1.82) is 0 Å². The maximum Gasteiger partial charge on any atom is 0.192 e. The van der Waals surface area contributed by atoms with Crippen molar-refractivity contribution < 1.29 is 3.89 Å². The highest BCUT2D eigenvalue weighted by Crippen LogP contribution is 2.39. The smallest absolute Gasteiger partial charge is 0.192 e. The molecule has 1 aromatic carbocycles. The summed E-state index contributed by atoms with van der Waals surface area (Å²) in [6, 6.07) is 7.54. The highest BCUT2D eigenvalue weighted by molar-refractivity contribution is 8.09. The molecule has 0 bridgehead atoms. The van der Waals surface area contributed by atoms with Gasteiger partial charge in [0.2, 0.25) is 0 Å². The summed E-state index contributed by atoms with van der Waals surface area (Å²) in [5.41, 5.74) is 15.7. The molecule has 0 spiro atoms. The Morgan fingerprint density at radius 1 is 1.43 bits per heavy atom. The van der Waals surface area contributed by atoms with Crippen molar-refractivity contribution in [1.82, 2.24) is 0 Å². The van der Waals surface area contributed by atoms with Crippen molar-refractivity contribution in [2.24, 2.45) is 16.5 Å². The molecule has 1 aromatic rings. The molecular weight excluding hydrogens is 309 g/mol. The molecule has 0 heterocycles. The van der Waals surface area contributed by atoms with Gasteiger partial charge in [-0.15, -0.1) is 0 Å². The summed E-state index contributed by atoms with van der Waals surface area (Å²) in [6.45, 7) is 5.88. The van der Waals surface area contributed by atoms with Gasteiger partial charge in [-0.2, -0.15) is 3.89 Å². The van der Waals surface area contributed by atoms with E-state index in [2.05, 4.69) is 17.6 Å². The van der Waals surface area contributed by atoms with Gasteiger partial charge in [0.25, 0.3) is 0 Å². The Balaban J connectivity index is 2.36. The molecule has 122 valence electrons. The van der Waals surface area contributed by atoms with Gasteiger partial charge >= 0.3 is 0 Å². The summed E-state index contributed by atoms with van der Waals surface area (Å²) in [5.74, 6) is 0. The maximum atomic E-state index is 12.4. The van der Waals surface area contributed by atoms with Gasteiger partial charge in [0.15, 0.2) is 5.17 Å². The topological polar surface area (TPSA) is 64.4 Å². The highest BCUT2D eigenvalue weighted by atomic mass is 32.2. The second-order valence-corrected chi connectivity index (χ2v) is 6.24. The van der Waals surface area contributed by atoms with Gasteiger partial charge in [-0.05, 0) is 55.0 Å². The zero-order valence-electron chi connectivity index (χ0n) is 13.3. The van der Waals surface area contributed by atoms with E-state index >= 15 is 0 Å². The van der Waals surface area contributed by atoms with Gasteiger partial charge < -0.3 is 11.5 Å². The van der Waals surface area contributed by atoms with E-state index in [0.717, 1.165) is 24.8 Å². The lowest BCUT2D eigenvalue weighted by molar-refractivity contribution is 0.389. The summed E-state index contributed by atoms with van der Waals surface area (Å²) in [5, 5.41) is -0.111. The van der Waals surface area contributed by atoms with E-state index in [-0.39, 0.29) is 17.3 Å². The lowest BCUT2D eigenvalue weighted by atomic mass is 9.74. The van der Waals surface area contributed by atoms with Crippen molar-refractivity contribution in [3.63, 3.8) is 0 Å². The van der Waals surface area contributed by atoms with Gasteiger partial charge in [0.05, 0.1) is 5.69 Å². The van der Waals surface area contributed by atoms with Crippen LogP contribution in [0.4, 0.5) is 9.57 Å². The number of hydrogen-bond acceptors (Lipinski definition) is 3. The monoisotopic (exact) mass is 331 g/mol. The third-order valence-electron chi connectivity index (χ3n) is 4.11. The third-order valence-corrected chi connectivity index (χ3v) is 4.36. The molecule has 2 rings (SSSR count). The average Bonchev–Trinajstić information content (AvgIpc) is 2.55. The van der Waals surface area contributed by atoms with Crippen molar-refractivity contribution in [2.75, 3.05) is 0 Å². The summed E-state index contributed by atoms with van der Waals surface area (Å²) < 4.78 is 12.4. The zero-order valence-corrected chi connectivity index (χ0v) is 14.1. The molecular formula is C18H22FN3S. The van der Waals surface area contributed by atoms with Crippen LogP contribution in [0, 0.1) is 0 Å². The van der Waals surface area contributed by atoms with E-state index in [1.54, 1.807) is 6.07 Å². The van der Waals surface area contributed by atoms with Gasteiger partial charge in [-0.3, -0.25) is 0 Å². The quantitative estimate of drug-likeness (QED) is 0.623. The van der Waals surface area contributed by atoms with Crippen LogP contribution in [0.15, 0.2) is 65.2 Å². The van der Waals surface area contributed by atoms with E-state index in [4.69, 9.17) is 11.5 Å². The normalized spacial score (nSPS) is 22.7. The van der Waals surface area contributed by atoms with Crippen LogP contribution in [0.3, 0.4) is 0 Å². The summed E-state index contributed by atoms with van der Waals surface area (Å²) >= 11 is -0.0607. The highest BCUT2D eigenvalue weighted by Gasteiger charge is 2.32. The second kappa shape index (κ2) is 7.62. The van der Waals surface area contributed by atoms with E-state index in [1.807, 2.05) is 37.3 Å². The molecule has 23 heavy (non-hydrogen) atoms. The average molecular weight is 331 g/mol. The fourth-order valence-electron chi connectivity index (χ4n) is 2.94. The third kappa shape index (κ3) is 4.12. The number of benzene rings is 1. The fraction of sp³-hybridized carbons (Fsp3) is 0.278. The van der Waals surface area contributed by atoms with E-state index in [1.165, 1.54) is 11.1 Å². The minimum absolute atomic E-state index is 0.0607. The van der Waals surface area contributed by atoms with E-state index in [0.29, 0.717) is 5.69 Å². The van der Waals surface area contributed by atoms with Gasteiger partial charge in [-0.1, -0.05) is 36.9 Å². The number of nitrogens with two attached hydrogens (primary N) is 2. The maximum absolute atomic E-state index is 12.4. The number of nitrogens with zero attached hydrogens (tertiary/aromatic N) is 1. The minimum Gasteiger partial charge on any atom is -0.376 e. The predicted octanol–water partition coefficient (Wildman–Crippen LogP) is 4.65. The Labute approximate surface area is 141 Å². The molecule has 0 saturated heterocycles.